The third-order valence-electron chi connectivity index (χ3n) is 7.10. The molecule has 0 spiro atoms. The zero-order valence-corrected chi connectivity index (χ0v) is 25.0. The summed E-state index contributed by atoms with van der Waals surface area (Å²) in [7, 11) is 0. The summed E-state index contributed by atoms with van der Waals surface area (Å²) in [6, 6.07) is 41.1. The highest BCUT2D eigenvalue weighted by molar-refractivity contribution is 6.00. The molecule has 0 unspecified atom stereocenters. The van der Waals surface area contributed by atoms with Gasteiger partial charge in [0.1, 0.15) is 0 Å². The Hall–Kier alpha value is -5.40. The molecular weight excluding hydrogens is 546 g/mol. The SMILES string of the molecule is Cc1ccc(NC(=O)Nc2ccc(CN(Cc3ccccc3)Cc3ccc(NC(=O)Nc4ccc(C)cc4)cc3)cc2)cc1. The molecule has 0 fully saturated rings. The topological polar surface area (TPSA) is 85.5 Å². The van der Waals surface area contributed by atoms with Gasteiger partial charge in [0, 0.05) is 42.4 Å². The molecule has 0 bridgehead atoms. The molecule has 4 N–H and O–H groups in total. The van der Waals surface area contributed by atoms with Crippen molar-refractivity contribution in [3.8, 4) is 0 Å². The van der Waals surface area contributed by atoms with E-state index in [1.165, 1.54) is 5.56 Å². The Kier molecular flexibility index (Phi) is 10.0. The van der Waals surface area contributed by atoms with Gasteiger partial charge in [-0.3, -0.25) is 4.90 Å². The van der Waals surface area contributed by atoms with Gasteiger partial charge in [-0.25, -0.2) is 9.59 Å². The van der Waals surface area contributed by atoms with E-state index in [0.717, 1.165) is 64.6 Å². The molecule has 5 rings (SSSR count). The van der Waals surface area contributed by atoms with E-state index in [0.29, 0.717) is 0 Å². The number of nitrogens with one attached hydrogen (secondary N) is 4. The van der Waals surface area contributed by atoms with Crippen LogP contribution >= 0.6 is 0 Å². The maximum Gasteiger partial charge on any atom is 0.323 e. The molecule has 4 amide bonds. The summed E-state index contributed by atoms with van der Waals surface area (Å²) in [6.45, 7) is 6.25. The number of carbonyl (C=O) groups is 2. The second-order valence-electron chi connectivity index (χ2n) is 10.9. The van der Waals surface area contributed by atoms with E-state index in [9.17, 15) is 9.59 Å². The van der Waals surface area contributed by atoms with Crippen LogP contribution in [-0.4, -0.2) is 17.0 Å². The van der Waals surface area contributed by atoms with E-state index in [4.69, 9.17) is 0 Å². The first-order chi connectivity index (χ1) is 21.4. The van der Waals surface area contributed by atoms with Crippen LogP contribution in [-0.2, 0) is 19.6 Å². The van der Waals surface area contributed by atoms with Crippen molar-refractivity contribution in [2.75, 3.05) is 21.3 Å². The fraction of sp³-hybridized carbons (Fsp3) is 0.135. The fourth-order valence-corrected chi connectivity index (χ4v) is 4.77. The Morgan fingerprint density at radius 3 is 1.07 bits per heavy atom. The first-order valence-corrected chi connectivity index (χ1v) is 14.6. The van der Waals surface area contributed by atoms with Crippen LogP contribution in [0.15, 0.2) is 127 Å². The van der Waals surface area contributed by atoms with Crippen LogP contribution in [0.3, 0.4) is 0 Å². The van der Waals surface area contributed by atoms with Gasteiger partial charge in [-0.15, -0.1) is 0 Å². The van der Waals surface area contributed by atoms with E-state index in [1.807, 2.05) is 117 Å². The van der Waals surface area contributed by atoms with Crippen molar-refractivity contribution in [1.82, 2.24) is 4.90 Å². The molecule has 44 heavy (non-hydrogen) atoms. The van der Waals surface area contributed by atoms with E-state index < -0.39 is 0 Å². The van der Waals surface area contributed by atoms with Gasteiger partial charge < -0.3 is 21.3 Å². The van der Waals surface area contributed by atoms with Gasteiger partial charge in [-0.2, -0.15) is 0 Å². The first-order valence-electron chi connectivity index (χ1n) is 14.6. The highest BCUT2D eigenvalue weighted by Gasteiger charge is 2.11. The van der Waals surface area contributed by atoms with Crippen molar-refractivity contribution in [1.29, 1.82) is 0 Å². The van der Waals surface area contributed by atoms with Crippen molar-refractivity contribution in [2.24, 2.45) is 0 Å². The average molecular weight is 584 g/mol. The summed E-state index contributed by atoms with van der Waals surface area (Å²) in [5.74, 6) is 0. The molecule has 0 heterocycles. The number of amides is 4. The quantitative estimate of drug-likeness (QED) is 0.133. The van der Waals surface area contributed by atoms with Crippen molar-refractivity contribution in [3.63, 3.8) is 0 Å². The molecule has 0 aromatic heterocycles. The molecule has 7 nitrogen and oxygen atoms in total. The summed E-state index contributed by atoms with van der Waals surface area (Å²) in [4.78, 5) is 27.3. The summed E-state index contributed by atoms with van der Waals surface area (Å²) in [5.41, 5.74) is 8.72. The predicted molar refractivity (Wildman–Crippen MR) is 180 cm³/mol. The van der Waals surface area contributed by atoms with E-state index in [2.05, 4.69) is 50.4 Å². The number of aryl methyl sites for hydroxylation is 2. The molecule has 0 saturated heterocycles. The molecule has 0 atom stereocenters. The van der Waals surface area contributed by atoms with Crippen LogP contribution in [0.1, 0.15) is 27.8 Å². The monoisotopic (exact) mass is 583 g/mol. The van der Waals surface area contributed by atoms with Crippen LogP contribution in [0.25, 0.3) is 0 Å². The Labute approximate surface area is 258 Å². The molecule has 5 aromatic rings. The lowest BCUT2D eigenvalue weighted by Crippen LogP contribution is -2.23. The number of anilines is 4. The molecule has 0 aliphatic carbocycles. The van der Waals surface area contributed by atoms with Crippen molar-refractivity contribution in [3.05, 3.63) is 155 Å². The van der Waals surface area contributed by atoms with Crippen LogP contribution in [0.5, 0.6) is 0 Å². The van der Waals surface area contributed by atoms with Gasteiger partial charge in [0.25, 0.3) is 0 Å². The van der Waals surface area contributed by atoms with Gasteiger partial charge in [-0.05, 0) is 79.1 Å². The summed E-state index contributed by atoms with van der Waals surface area (Å²) in [5, 5.41) is 11.5. The van der Waals surface area contributed by atoms with Gasteiger partial charge in [0.15, 0.2) is 0 Å². The van der Waals surface area contributed by atoms with E-state index in [1.54, 1.807) is 0 Å². The summed E-state index contributed by atoms with van der Waals surface area (Å²) < 4.78 is 0. The number of rotatable bonds is 10. The van der Waals surface area contributed by atoms with Gasteiger partial charge >= 0.3 is 12.1 Å². The Morgan fingerprint density at radius 2 is 0.727 bits per heavy atom. The molecular formula is C37H37N5O2. The average Bonchev–Trinajstić information content (AvgIpc) is 3.02. The first kappa shape index (κ1) is 30.1. The Balaban J connectivity index is 1.19. The second kappa shape index (κ2) is 14.7. The van der Waals surface area contributed by atoms with Crippen molar-refractivity contribution < 1.29 is 9.59 Å². The predicted octanol–water partition coefficient (Wildman–Crippen LogP) is 8.79. The normalized spacial score (nSPS) is 10.7. The number of hydrogen-bond acceptors (Lipinski definition) is 3. The third-order valence-corrected chi connectivity index (χ3v) is 7.10. The minimum atomic E-state index is -0.280. The lowest BCUT2D eigenvalue weighted by atomic mass is 10.1. The number of nitrogens with zero attached hydrogens (tertiary/aromatic N) is 1. The number of carbonyl (C=O) groups excluding carboxylic acids is 2. The lowest BCUT2D eigenvalue weighted by molar-refractivity contribution is 0.247. The molecule has 0 aliphatic heterocycles. The standard InChI is InChI=1S/C37H37N5O2/c1-27-8-16-32(17-9-27)38-36(43)40-34-20-12-30(13-21-34)25-42(24-29-6-4-3-5-7-29)26-31-14-22-35(23-15-31)41-37(44)39-33-18-10-28(2)11-19-33/h3-23H,24-26H2,1-2H3,(H2,38,40,43)(H2,39,41,44). The van der Waals surface area contributed by atoms with Crippen molar-refractivity contribution >= 4 is 34.8 Å². The van der Waals surface area contributed by atoms with Crippen LogP contribution in [0.4, 0.5) is 32.3 Å². The summed E-state index contributed by atoms with van der Waals surface area (Å²) >= 11 is 0. The van der Waals surface area contributed by atoms with Crippen molar-refractivity contribution in [2.45, 2.75) is 33.5 Å². The Morgan fingerprint density at radius 1 is 0.432 bits per heavy atom. The molecule has 222 valence electrons. The summed E-state index contributed by atoms with van der Waals surface area (Å²) in [6.07, 6.45) is 0. The van der Waals surface area contributed by atoms with E-state index >= 15 is 0 Å². The molecule has 0 aliphatic rings. The highest BCUT2D eigenvalue weighted by atomic mass is 16.2. The maximum absolute atomic E-state index is 12.5. The van der Waals surface area contributed by atoms with E-state index in [-0.39, 0.29) is 12.1 Å². The van der Waals surface area contributed by atoms with Crippen LogP contribution in [0.2, 0.25) is 0 Å². The fourth-order valence-electron chi connectivity index (χ4n) is 4.77. The molecule has 0 saturated carbocycles. The van der Waals surface area contributed by atoms with Gasteiger partial charge in [0.2, 0.25) is 0 Å². The number of urea groups is 2. The number of hydrogen-bond donors (Lipinski definition) is 4. The third kappa shape index (κ3) is 9.31. The molecule has 0 radical (unpaired) electrons. The zero-order valence-electron chi connectivity index (χ0n) is 25.0. The lowest BCUT2D eigenvalue weighted by Gasteiger charge is -2.23. The molecule has 5 aromatic carbocycles. The van der Waals surface area contributed by atoms with Gasteiger partial charge in [0.05, 0.1) is 0 Å². The maximum atomic E-state index is 12.5. The molecule has 7 heteroatoms. The zero-order chi connectivity index (χ0) is 30.7. The number of benzene rings is 5. The highest BCUT2D eigenvalue weighted by Crippen LogP contribution is 2.19. The Bertz CT molecular complexity index is 1540. The smallest absolute Gasteiger partial charge is 0.308 e. The van der Waals surface area contributed by atoms with Crippen LogP contribution in [0, 0.1) is 13.8 Å². The largest absolute Gasteiger partial charge is 0.323 e. The second-order valence-corrected chi connectivity index (χ2v) is 10.9. The van der Waals surface area contributed by atoms with Crippen LogP contribution < -0.4 is 21.3 Å². The van der Waals surface area contributed by atoms with Gasteiger partial charge in [-0.1, -0.05) is 90.0 Å². The minimum absolute atomic E-state index is 0.280. The minimum Gasteiger partial charge on any atom is -0.308 e.